The Balaban J connectivity index is 0.00000243. The third kappa shape index (κ3) is 6.32. The maximum Gasteiger partial charge on any atom is 0.246 e. The van der Waals surface area contributed by atoms with Gasteiger partial charge in [-0.1, -0.05) is 18.6 Å². The van der Waals surface area contributed by atoms with Crippen LogP contribution in [-0.2, 0) is 17.9 Å². The van der Waals surface area contributed by atoms with Crippen LogP contribution in [-0.4, -0.2) is 28.2 Å². The van der Waals surface area contributed by atoms with Gasteiger partial charge in [0.1, 0.15) is 6.54 Å². The predicted octanol–water partition coefficient (Wildman–Crippen LogP) is 2.34. The normalized spacial score (nSPS) is 14.2. The molecule has 4 N–H and O–H groups in total. The minimum absolute atomic E-state index is 0. The summed E-state index contributed by atoms with van der Waals surface area (Å²) in [6.45, 7) is 1.57. The number of rotatable bonds is 7. The van der Waals surface area contributed by atoms with Gasteiger partial charge in [-0.3, -0.25) is 9.48 Å². The Hall–Kier alpha value is -2.10. The lowest BCUT2D eigenvalue weighted by Crippen LogP contribution is -2.37. The minimum atomic E-state index is -0.119. The fourth-order valence-corrected chi connectivity index (χ4v) is 2.67. The van der Waals surface area contributed by atoms with Crippen LogP contribution in [0.1, 0.15) is 24.8 Å². The molecule has 0 radical (unpaired) electrons. The molecule has 26 heavy (non-hydrogen) atoms. The fraction of sp³-hybridized carbons (Fsp3) is 0.389. The maximum absolute atomic E-state index is 12.0. The molecule has 0 bridgehead atoms. The Bertz CT molecular complexity index is 727. The van der Waals surface area contributed by atoms with E-state index in [1.807, 2.05) is 24.3 Å². The van der Waals surface area contributed by atoms with Gasteiger partial charge in [0.15, 0.2) is 5.96 Å². The first-order chi connectivity index (χ1) is 12.2. The Morgan fingerprint density at radius 3 is 2.88 bits per heavy atom. The average molecular weight is 468 g/mol. The van der Waals surface area contributed by atoms with Crippen LogP contribution < -0.4 is 16.4 Å². The number of amides is 1. The fourth-order valence-electron chi connectivity index (χ4n) is 2.67. The zero-order valence-corrected chi connectivity index (χ0v) is 16.9. The molecule has 1 amide bonds. The van der Waals surface area contributed by atoms with Crippen molar-refractivity contribution in [3.05, 3.63) is 48.3 Å². The average Bonchev–Trinajstić information content (AvgIpc) is 3.04. The summed E-state index contributed by atoms with van der Waals surface area (Å²) in [5, 5.41) is 10.1. The number of aliphatic imine (C=N–C) groups is 1. The summed E-state index contributed by atoms with van der Waals surface area (Å²) in [6.07, 6.45) is 7.28. The van der Waals surface area contributed by atoms with Gasteiger partial charge in [-0.2, -0.15) is 5.10 Å². The molecule has 1 aliphatic carbocycles. The first-order valence-electron chi connectivity index (χ1n) is 8.59. The molecule has 140 valence electrons. The molecule has 1 aliphatic rings. The number of halogens is 1. The zero-order chi connectivity index (χ0) is 17.5. The molecule has 8 heteroatoms. The lowest BCUT2D eigenvalue weighted by atomic mass is 9.85. The van der Waals surface area contributed by atoms with Crippen LogP contribution in [0.5, 0.6) is 0 Å². The molecule has 0 spiro atoms. The number of nitrogens with one attached hydrogen (secondary N) is 2. The molecule has 1 fully saturated rings. The number of benzene rings is 1. The third-order valence-corrected chi connectivity index (χ3v) is 4.30. The number of carbonyl (C=O) groups is 1. The Kier molecular flexibility index (Phi) is 7.89. The summed E-state index contributed by atoms with van der Waals surface area (Å²) in [4.78, 5) is 16.4. The molecule has 1 heterocycles. The summed E-state index contributed by atoms with van der Waals surface area (Å²) in [7, 11) is 0. The van der Waals surface area contributed by atoms with Gasteiger partial charge in [0.05, 0.1) is 6.54 Å². The zero-order valence-electron chi connectivity index (χ0n) is 14.6. The number of guanidine groups is 1. The van der Waals surface area contributed by atoms with Gasteiger partial charge in [-0.25, -0.2) is 4.99 Å². The number of nitrogens with zero attached hydrogens (tertiary/aromatic N) is 3. The summed E-state index contributed by atoms with van der Waals surface area (Å²) in [5.41, 5.74) is 7.64. The van der Waals surface area contributed by atoms with Crippen molar-refractivity contribution in [3.63, 3.8) is 0 Å². The second kappa shape index (κ2) is 10.1. The predicted molar refractivity (Wildman–Crippen MR) is 113 cm³/mol. The van der Waals surface area contributed by atoms with Gasteiger partial charge < -0.3 is 16.4 Å². The van der Waals surface area contributed by atoms with Crippen LogP contribution in [0, 0.1) is 5.92 Å². The van der Waals surface area contributed by atoms with Crippen molar-refractivity contribution >= 4 is 41.5 Å². The molecule has 0 unspecified atom stereocenters. The van der Waals surface area contributed by atoms with Crippen LogP contribution >= 0.6 is 24.0 Å². The molecule has 7 nitrogen and oxygen atoms in total. The molecule has 1 aromatic heterocycles. The lowest BCUT2D eigenvalue weighted by molar-refractivity contribution is -0.116. The number of hydrogen-bond acceptors (Lipinski definition) is 3. The van der Waals surface area contributed by atoms with Crippen LogP contribution in [0.3, 0.4) is 0 Å². The monoisotopic (exact) mass is 468 g/mol. The highest BCUT2D eigenvalue weighted by Crippen LogP contribution is 2.25. The molecule has 1 saturated carbocycles. The van der Waals surface area contributed by atoms with Crippen LogP contribution in [0.15, 0.2) is 47.7 Å². The van der Waals surface area contributed by atoms with Crippen molar-refractivity contribution in [2.45, 2.75) is 32.4 Å². The molecule has 3 rings (SSSR count). The number of anilines is 1. The van der Waals surface area contributed by atoms with E-state index in [1.54, 1.807) is 23.1 Å². The van der Waals surface area contributed by atoms with E-state index in [2.05, 4.69) is 20.7 Å². The van der Waals surface area contributed by atoms with Gasteiger partial charge in [0, 0.05) is 24.6 Å². The third-order valence-electron chi connectivity index (χ3n) is 4.30. The van der Waals surface area contributed by atoms with Gasteiger partial charge >= 0.3 is 0 Å². The topological polar surface area (TPSA) is 97.3 Å². The van der Waals surface area contributed by atoms with Gasteiger partial charge in [0.2, 0.25) is 5.91 Å². The molecule has 1 aromatic carbocycles. The summed E-state index contributed by atoms with van der Waals surface area (Å²) in [6, 6.07) is 9.41. The number of aromatic nitrogens is 2. The smallest absolute Gasteiger partial charge is 0.246 e. The maximum atomic E-state index is 12.0. The van der Waals surface area contributed by atoms with E-state index in [0.29, 0.717) is 12.5 Å². The van der Waals surface area contributed by atoms with E-state index in [-0.39, 0.29) is 36.4 Å². The molecule has 0 aliphatic heterocycles. The van der Waals surface area contributed by atoms with Crippen LogP contribution in [0.25, 0.3) is 0 Å². The van der Waals surface area contributed by atoms with E-state index in [0.717, 1.165) is 23.7 Å². The largest absolute Gasteiger partial charge is 0.370 e. The van der Waals surface area contributed by atoms with Crippen molar-refractivity contribution in [2.24, 2.45) is 16.6 Å². The lowest BCUT2D eigenvalue weighted by Gasteiger charge is -2.25. The van der Waals surface area contributed by atoms with E-state index < -0.39 is 0 Å². The quantitative estimate of drug-likeness (QED) is 0.330. The summed E-state index contributed by atoms with van der Waals surface area (Å²) < 4.78 is 1.58. The molecule has 0 atom stereocenters. The molecular formula is C18H25IN6O. The van der Waals surface area contributed by atoms with Gasteiger partial charge in [-0.15, -0.1) is 24.0 Å². The van der Waals surface area contributed by atoms with E-state index >= 15 is 0 Å². The van der Waals surface area contributed by atoms with Crippen molar-refractivity contribution in [3.8, 4) is 0 Å². The summed E-state index contributed by atoms with van der Waals surface area (Å²) in [5.74, 6) is 1.09. The van der Waals surface area contributed by atoms with E-state index in [9.17, 15) is 4.79 Å². The van der Waals surface area contributed by atoms with Crippen molar-refractivity contribution in [1.29, 1.82) is 0 Å². The number of nitrogens with two attached hydrogens (primary N) is 1. The Morgan fingerprint density at radius 1 is 1.35 bits per heavy atom. The van der Waals surface area contributed by atoms with Crippen LogP contribution in [0.4, 0.5) is 5.69 Å². The first-order valence-corrected chi connectivity index (χ1v) is 8.59. The molecule has 2 aromatic rings. The van der Waals surface area contributed by atoms with Gasteiger partial charge in [0.25, 0.3) is 0 Å². The molecular weight excluding hydrogens is 443 g/mol. The number of carbonyl (C=O) groups excluding carboxylic acids is 1. The highest BCUT2D eigenvalue weighted by atomic mass is 127. The van der Waals surface area contributed by atoms with Crippen molar-refractivity contribution in [1.82, 2.24) is 15.1 Å². The second-order valence-electron chi connectivity index (χ2n) is 6.33. The van der Waals surface area contributed by atoms with Gasteiger partial charge in [-0.05, 0) is 42.5 Å². The number of hydrogen-bond donors (Lipinski definition) is 3. The Labute approximate surface area is 170 Å². The van der Waals surface area contributed by atoms with Crippen LogP contribution in [0.2, 0.25) is 0 Å². The van der Waals surface area contributed by atoms with E-state index in [4.69, 9.17) is 5.73 Å². The standard InChI is InChI=1S/C18H24N6O.HI/c19-18(20-11-14-4-1-5-14)21-12-15-6-2-7-16(10-15)23-17(25)13-24-9-3-8-22-24;/h2-3,6-10,14H,1,4-5,11-13H2,(H,23,25)(H3,19,20,21);1H. The SMILES string of the molecule is I.NC(=NCc1cccc(NC(=O)Cn2cccn2)c1)NCC1CCC1. The second-order valence-corrected chi connectivity index (χ2v) is 6.33. The first kappa shape index (κ1) is 20.2. The van der Waals surface area contributed by atoms with Crippen molar-refractivity contribution in [2.75, 3.05) is 11.9 Å². The Morgan fingerprint density at radius 2 is 2.19 bits per heavy atom. The van der Waals surface area contributed by atoms with Crippen molar-refractivity contribution < 1.29 is 4.79 Å². The minimum Gasteiger partial charge on any atom is -0.370 e. The summed E-state index contributed by atoms with van der Waals surface area (Å²) >= 11 is 0. The molecule has 0 saturated heterocycles. The van der Waals surface area contributed by atoms with E-state index in [1.165, 1.54) is 19.3 Å². The highest BCUT2D eigenvalue weighted by Gasteiger charge is 2.16. The highest BCUT2D eigenvalue weighted by molar-refractivity contribution is 14.0.